The van der Waals surface area contributed by atoms with E-state index in [2.05, 4.69) is 20.6 Å². The average Bonchev–Trinajstić information content (AvgIpc) is 2.74. The Hall–Kier alpha value is -2.93. The number of nitrogens with one attached hydrogen (secondary N) is 2. The highest BCUT2D eigenvalue weighted by molar-refractivity contribution is 5.93. The molecule has 152 valence electrons. The van der Waals surface area contributed by atoms with E-state index in [0.29, 0.717) is 41.0 Å². The van der Waals surface area contributed by atoms with Gasteiger partial charge in [0, 0.05) is 11.5 Å². The van der Waals surface area contributed by atoms with Crippen molar-refractivity contribution in [3.05, 3.63) is 48.0 Å². The van der Waals surface area contributed by atoms with Crippen LogP contribution < -0.4 is 20.1 Å². The van der Waals surface area contributed by atoms with Gasteiger partial charge in [-0.3, -0.25) is 0 Å². The molecule has 4 rings (SSSR count). The molecule has 0 unspecified atom stereocenters. The van der Waals surface area contributed by atoms with Crippen LogP contribution in [0.5, 0.6) is 11.5 Å². The summed E-state index contributed by atoms with van der Waals surface area (Å²) < 4.78 is 25.9. The quantitative estimate of drug-likeness (QED) is 0.651. The Morgan fingerprint density at radius 1 is 1.14 bits per heavy atom. The van der Waals surface area contributed by atoms with Gasteiger partial charge in [-0.2, -0.15) is 0 Å². The van der Waals surface area contributed by atoms with Crippen molar-refractivity contribution in [3.63, 3.8) is 0 Å². The van der Waals surface area contributed by atoms with Gasteiger partial charge in [-0.25, -0.2) is 14.4 Å². The van der Waals surface area contributed by atoms with E-state index in [0.717, 1.165) is 36.9 Å². The van der Waals surface area contributed by atoms with E-state index < -0.39 is 0 Å². The second kappa shape index (κ2) is 8.61. The summed E-state index contributed by atoms with van der Waals surface area (Å²) >= 11 is 0. The molecule has 2 N–H and O–H groups in total. The van der Waals surface area contributed by atoms with Crippen LogP contribution in [0.4, 0.5) is 15.9 Å². The van der Waals surface area contributed by atoms with E-state index in [1.165, 1.54) is 12.4 Å². The number of hydrogen-bond donors (Lipinski definition) is 2. The number of benzene rings is 2. The highest BCUT2D eigenvalue weighted by atomic mass is 19.1. The minimum atomic E-state index is -0.328. The summed E-state index contributed by atoms with van der Waals surface area (Å²) in [5, 5.41) is 7.16. The lowest BCUT2D eigenvalue weighted by molar-refractivity contribution is 0.208. The third-order valence-electron chi connectivity index (χ3n) is 5.23. The molecule has 1 aliphatic rings. The Bertz CT molecular complexity index is 1010. The maximum Gasteiger partial charge on any atom is 0.163 e. The van der Waals surface area contributed by atoms with Gasteiger partial charge in [0.2, 0.25) is 0 Å². The lowest BCUT2D eigenvalue weighted by Crippen LogP contribution is -2.30. The average molecular weight is 396 g/mol. The number of ether oxygens (including phenoxy) is 2. The highest BCUT2D eigenvalue weighted by Crippen LogP contribution is 2.35. The van der Waals surface area contributed by atoms with Gasteiger partial charge in [0.15, 0.2) is 11.5 Å². The molecule has 7 heteroatoms. The number of anilines is 2. The second-order valence-corrected chi connectivity index (χ2v) is 7.36. The van der Waals surface area contributed by atoms with Crippen molar-refractivity contribution < 1.29 is 13.9 Å². The summed E-state index contributed by atoms with van der Waals surface area (Å²) in [5.41, 5.74) is 1.93. The third kappa shape index (κ3) is 4.40. The summed E-state index contributed by atoms with van der Waals surface area (Å²) in [7, 11) is 1.61. The van der Waals surface area contributed by atoms with Crippen molar-refractivity contribution in [1.29, 1.82) is 0 Å². The van der Waals surface area contributed by atoms with Crippen LogP contribution in [0.15, 0.2) is 36.7 Å². The summed E-state index contributed by atoms with van der Waals surface area (Å²) in [6, 6.07) is 8.72. The predicted octanol–water partition coefficient (Wildman–Crippen LogP) is 4.21. The normalized spacial score (nSPS) is 14.7. The fraction of sp³-hybridized carbons (Fsp3) is 0.364. The molecule has 1 fully saturated rings. The van der Waals surface area contributed by atoms with Gasteiger partial charge in [0.1, 0.15) is 18.0 Å². The molecule has 0 aliphatic carbocycles. The number of rotatable bonds is 6. The predicted molar refractivity (Wildman–Crippen MR) is 112 cm³/mol. The van der Waals surface area contributed by atoms with Gasteiger partial charge < -0.3 is 20.1 Å². The monoisotopic (exact) mass is 396 g/mol. The van der Waals surface area contributed by atoms with E-state index in [-0.39, 0.29) is 5.82 Å². The maximum atomic E-state index is 14.3. The van der Waals surface area contributed by atoms with Gasteiger partial charge in [-0.15, -0.1) is 0 Å². The molecule has 1 saturated heterocycles. The zero-order valence-electron chi connectivity index (χ0n) is 16.7. The van der Waals surface area contributed by atoms with E-state index in [9.17, 15) is 4.39 Å². The topological polar surface area (TPSA) is 68.3 Å². The SMILES string of the molecule is COc1cc2c(Nc3ccc(C)cc3F)ncnc2cc1OCC1CCNCC1. The van der Waals surface area contributed by atoms with Gasteiger partial charge in [0.05, 0.1) is 24.9 Å². The van der Waals surface area contributed by atoms with Crippen LogP contribution >= 0.6 is 0 Å². The van der Waals surface area contributed by atoms with Crippen LogP contribution in [-0.4, -0.2) is 36.8 Å². The van der Waals surface area contributed by atoms with E-state index in [4.69, 9.17) is 9.47 Å². The van der Waals surface area contributed by atoms with Crippen LogP contribution in [0.3, 0.4) is 0 Å². The van der Waals surface area contributed by atoms with Crippen LogP contribution in [0.2, 0.25) is 0 Å². The van der Waals surface area contributed by atoms with Gasteiger partial charge in [-0.05, 0) is 62.5 Å². The smallest absolute Gasteiger partial charge is 0.163 e. The van der Waals surface area contributed by atoms with Crippen molar-refractivity contribution in [3.8, 4) is 11.5 Å². The van der Waals surface area contributed by atoms with Gasteiger partial charge in [0.25, 0.3) is 0 Å². The Morgan fingerprint density at radius 3 is 2.72 bits per heavy atom. The highest BCUT2D eigenvalue weighted by Gasteiger charge is 2.17. The molecule has 0 bridgehead atoms. The molecule has 1 aliphatic heterocycles. The minimum Gasteiger partial charge on any atom is -0.493 e. The van der Waals surface area contributed by atoms with Crippen molar-refractivity contribution in [2.45, 2.75) is 19.8 Å². The first-order valence-electron chi connectivity index (χ1n) is 9.83. The van der Waals surface area contributed by atoms with Crippen LogP contribution in [0.25, 0.3) is 10.9 Å². The van der Waals surface area contributed by atoms with Crippen LogP contribution in [0.1, 0.15) is 18.4 Å². The lowest BCUT2D eigenvalue weighted by Gasteiger charge is -2.23. The van der Waals surface area contributed by atoms with Crippen molar-refractivity contribution in [2.24, 2.45) is 5.92 Å². The molecule has 0 spiro atoms. The number of aryl methyl sites for hydroxylation is 1. The Balaban J connectivity index is 1.62. The first-order valence-corrected chi connectivity index (χ1v) is 9.83. The Labute approximate surface area is 169 Å². The van der Waals surface area contributed by atoms with Crippen LogP contribution in [-0.2, 0) is 0 Å². The standard InChI is InChI=1S/C22H25FN4O2/c1-14-3-4-18(17(23)9-14)27-22-16-10-20(28-2)21(11-19(16)25-13-26-22)29-12-15-5-7-24-8-6-15/h3-4,9-11,13,15,24H,5-8,12H2,1-2H3,(H,25,26,27). The summed E-state index contributed by atoms with van der Waals surface area (Å²) in [5.74, 6) is 1.98. The zero-order valence-corrected chi connectivity index (χ0v) is 16.7. The lowest BCUT2D eigenvalue weighted by atomic mass is 9.99. The van der Waals surface area contributed by atoms with Gasteiger partial charge >= 0.3 is 0 Å². The number of piperidine rings is 1. The fourth-order valence-electron chi connectivity index (χ4n) is 3.54. The largest absolute Gasteiger partial charge is 0.493 e. The molecule has 0 amide bonds. The van der Waals surface area contributed by atoms with Gasteiger partial charge in [-0.1, -0.05) is 6.07 Å². The van der Waals surface area contributed by atoms with E-state index in [1.807, 2.05) is 25.1 Å². The maximum absolute atomic E-state index is 14.3. The number of halogens is 1. The fourth-order valence-corrected chi connectivity index (χ4v) is 3.54. The number of aromatic nitrogens is 2. The Kier molecular flexibility index (Phi) is 5.76. The number of methoxy groups -OCH3 is 1. The molecular formula is C22H25FN4O2. The van der Waals surface area contributed by atoms with Crippen molar-refractivity contribution in [2.75, 3.05) is 32.1 Å². The van der Waals surface area contributed by atoms with E-state index in [1.54, 1.807) is 13.2 Å². The molecule has 3 aromatic rings. The summed E-state index contributed by atoms with van der Waals surface area (Å²) in [4.78, 5) is 8.66. The molecule has 0 atom stereocenters. The molecule has 6 nitrogen and oxygen atoms in total. The summed E-state index contributed by atoms with van der Waals surface area (Å²) in [6.07, 6.45) is 3.67. The van der Waals surface area contributed by atoms with E-state index >= 15 is 0 Å². The molecule has 2 heterocycles. The number of hydrogen-bond acceptors (Lipinski definition) is 6. The zero-order chi connectivity index (χ0) is 20.2. The number of nitrogens with zero attached hydrogens (tertiary/aromatic N) is 2. The Morgan fingerprint density at radius 2 is 1.97 bits per heavy atom. The number of fused-ring (bicyclic) bond motifs is 1. The molecule has 29 heavy (non-hydrogen) atoms. The molecule has 0 saturated carbocycles. The van der Waals surface area contributed by atoms with Crippen molar-refractivity contribution >= 4 is 22.4 Å². The third-order valence-corrected chi connectivity index (χ3v) is 5.23. The first-order chi connectivity index (χ1) is 14.1. The molecule has 0 radical (unpaired) electrons. The molecule has 2 aromatic carbocycles. The molecular weight excluding hydrogens is 371 g/mol. The summed E-state index contributed by atoms with van der Waals surface area (Å²) in [6.45, 7) is 4.55. The minimum absolute atomic E-state index is 0.328. The second-order valence-electron chi connectivity index (χ2n) is 7.36. The van der Waals surface area contributed by atoms with Crippen LogP contribution in [0, 0.1) is 18.7 Å². The molecule has 1 aromatic heterocycles. The van der Waals surface area contributed by atoms with Crippen molar-refractivity contribution in [1.82, 2.24) is 15.3 Å². The first kappa shape index (κ1) is 19.4.